The van der Waals surface area contributed by atoms with Gasteiger partial charge in [0.1, 0.15) is 11.5 Å². The number of carbonyl (C=O) groups is 1. The first-order valence-electron chi connectivity index (χ1n) is 7.57. The first-order valence-corrected chi connectivity index (χ1v) is 7.57. The molecule has 1 fully saturated rings. The highest BCUT2D eigenvalue weighted by molar-refractivity contribution is 5.79. The van der Waals surface area contributed by atoms with Crippen molar-refractivity contribution in [1.29, 1.82) is 0 Å². The van der Waals surface area contributed by atoms with Gasteiger partial charge in [-0.3, -0.25) is 4.79 Å². The average molecular weight is 318 g/mol. The number of likely N-dealkylation sites (tertiary alicyclic amines) is 1. The number of ether oxygens (including phenoxy) is 1. The maximum absolute atomic E-state index is 13.2. The molecule has 7 heteroatoms. The molecule has 0 aliphatic carbocycles. The van der Waals surface area contributed by atoms with Crippen LogP contribution in [0, 0.1) is 5.82 Å². The fourth-order valence-corrected chi connectivity index (χ4v) is 2.82. The summed E-state index contributed by atoms with van der Waals surface area (Å²) in [6.45, 7) is 1.71. The lowest BCUT2D eigenvalue weighted by atomic mass is 10.1. The van der Waals surface area contributed by atoms with Crippen molar-refractivity contribution in [3.63, 3.8) is 0 Å². The smallest absolute Gasteiger partial charge is 0.227 e. The molecule has 0 radical (unpaired) electrons. The fourth-order valence-electron chi connectivity index (χ4n) is 2.82. The van der Waals surface area contributed by atoms with E-state index < -0.39 is 0 Å². The number of aromatic nitrogens is 3. The van der Waals surface area contributed by atoms with Gasteiger partial charge in [-0.2, -0.15) is 0 Å². The summed E-state index contributed by atoms with van der Waals surface area (Å²) in [5.74, 6) is -0.307. The third-order valence-electron chi connectivity index (χ3n) is 3.98. The van der Waals surface area contributed by atoms with Gasteiger partial charge in [0.15, 0.2) is 0 Å². The summed E-state index contributed by atoms with van der Waals surface area (Å²) in [6, 6.07) is 6.30. The third kappa shape index (κ3) is 3.73. The summed E-state index contributed by atoms with van der Waals surface area (Å²) in [5.41, 5.74) is 1.47. The van der Waals surface area contributed by atoms with E-state index in [0.29, 0.717) is 25.3 Å². The Labute approximate surface area is 133 Å². The van der Waals surface area contributed by atoms with Crippen LogP contribution < -0.4 is 0 Å². The van der Waals surface area contributed by atoms with E-state index in [9.17, 15) is 9.18 Å². The molecule has 1 aromatic carbocycles. The first-order chi connectivity index (χ1) is 11.2. The Bertz CT molecular complexity index is 688. The molecule has 1 unspecified atom stereocenters. The van der Waals surface area contributed by atoms with Gasteiger partial charge >= 0.3 is 0 Å². The van der Waals surface area contributed by atoms with Gasteiger partial charge in [0, 0.05) is 20.2 Å². The molecule has 2 heterocycles. The first kappa shape index (κ1) is 15.6. The molecule has 1 atom stereocenters. The van der Waals surface area contributed by atoms with E-state index in [1.54, 1.807) is 28.8 Å². The van der Waals surface area contributed by atoms with Gasteiger partial charge in [0.25, 0.3) is 0 Å². The SMILES string of the molecule is COCc1cn(C2CCN(C(=O)Cc3cccc(F)c3)C2)nn1. The molecule has 1 aromatic heterocycles. The van der Waals surface area contributed by atoms with E-state index in [1.807, 2.05) is 6.20 Å². The van der Waals surface area contributed by atoms with Crippen LogP contribution in [0.5, 0.6) is 0 Å². The summed E-state index contributed by atoms with van der Waals surface area (Å²) < 4.78 is 20.0. The average Bonchev–Trinajstić information content (AvgIpc) is 3.16. The minimum absolute atomic E-state index is 0.00957. The number of hydrogen-bond donors (Lipinski definition) is 0. The van der Waals surface area contributed by atoms with Crippen LogP contribution in [0.15, 0.2) is 30.5 Å². The minimum atomic E-state index is -0.317. The lowest BCUT2D eigenvalue weighted by Crippen LogP contribution is -2.30. The van der Waals surface area contributed by atoms with Gasteiger partial charge in [0.2, 0.25) is 5.91 Å². The topological polar surface area (TPSA) is 60.2 Å². The van der Waals surface area contributed by atoms with E-state index >= 15 is 0 Å². The Balaban J connectivity index is 1.59. The van der Waals surface area contributed by atoms with Crippen LogP contribution in [0.25, 0.3) is 0 Å². The molecule has 1 amide bonds. The summed E-state index contributed by atoms with van der Waals surface area (Å²) in [7, 11) is 1.61. The number of halogens is 1. The predicted octanol–water partition coefficient (Wildman–Crippen LogP) is 1.58. The van der Waals surface area contributed by atoms with Crippen molar-refractivity contribution in [1.82, 2.24) is 19.9 Å². The van der Waals surface area contributed by atoms with Crippen molar-refractivity contribution in [2.75, 3.05) is 20.2 Å². The lowest BCUT2D eigenvalue weighted by molar-refractivity contribution is -0.129. The molecule has 0 bridgehead atoms. The largest absolute Gasteiger partial charge is 0.378 e. The van der Waals surface area contributed by atoms with Gasteiger partial charge in [-0.05, 0) is 24.1 Å². The number of nitrogens with zero attached hydrogens (tertiary/aromatic N) is 4. The molecule has 3 rings (SSSR count). The van der Waals surface area contributed by atoms with Gasteiger partial charge in [-0.15, -0.1) is 5.10 Å². The van der Waals surface area contributed by atoms with Crippen LogP contribution in [0.3, 0.4) is 0 Å². The van der Waals surface area contributed by atoms with Crippen LogP contribution >= 0.6 is 0 Å². The molecular weight excluding hydrogens is 299 g/mol. The van der Waals surface area contributed by atoms with Crippen LogP contribution in [0.4, 0.5) is 4.39 Å². The summed E-state index contributed by atoms with van der Waals surface area (Å²) >= 11 is 0. The van der Waals surface area contributed by atoms with E-state index in [0.717, 1.165) is 12.1 Å². The van der Waals surface area contributed by atoms with E-state index in [2.05, 4.69) is 10.3 Å². The zero-order valence-corrected chi connectivity index (χ0v) is 13.0. The van der Waals surface area contributed by atoms with Crippen molar-refractivity contribution >= 4 is 5.91 Å². The number of amides is 1. The van der Waals surface area contributed by atoms with Gasteiger partial charge in [-0.1, -0.05) is 17.3 Å². The van der Waals surface area contributed by atoms with Crippen molar-refractivity contribution in [2.24, 2.45) is 0 Å². The second-order valence-electron chi connectivity index (χ2n) is 5.71. The molecular formula is C16H19FN4O2. The second-order valence-corrected chi connectivity index (χ2v) is 5.71. The number of methoxy groups -OCH3 is 1. The molecule has 0 spiro atoms. The monoisotopic (exact) mass is 318 g/mol. The van der Waals surface area contributed by atoms with Crippen LogP contribution in [-0.2, 0) is 22.6 Å². The number of rotatable bonds is 5. The molecule has 0 N–H and O–H groups in total. The normalized spacial score (nSPS) is 17.7. The molecule has 1 aliphatic rings. The van der Waals surface area contributed by atoms with Crippen LogP contribution in [-0.4, -0.2) is 46.0 Å². The fraction of sp³-hybridized carbons (Fsp3) is 0.438. The second kappa shape index (κ2) is 6.87. The summed E-state index contributed by atoms with van der Waals surface area (Å²) in [4.78, 5) is 14.1. The molecule has 2 aromatic rings. The molecule has 0 saturated carbocycles. The molecule has 122 valence electrons. The van der Waals surface area contributed by atoms with Crippen molar-refractivity contribution in [3.05, 3.63) is 47.5 Å². The Morgan fingerprint density at radius 3 is 3.13 bits per heavy atom. The Hall–Kier alpha value is -2.28. The Morgan fingerprint density at radius 1 is 1.48 bits per heavy atom. The van der Waals surface area contributed by atoms with E-state index in [4.69, 9.17) is 4.74 Å². The Kier molecular flexibility index (Phi) is 4.66. The standard InChI is InChI=1S/C16H19FN4O2/c1-23-11-14-9-21(19-18-14)15-5-6-20(10-15)16(22)8-12-3-2-4-13(17)7-12/h2-4,7,9,15H,5-6,8,10-11H2,1H3. The zero-order chi connectivity index (χ0) is 16.2. The van der Waals surface area contributed by atoms with Crippen molar-refractivity contribution in [2.45, 2.75) is 25.5 Å². The van der Waals surface area contributed by atoms with E-state index in [-0.39, 0.29) is 24.2 Å². The van der Waals surface area contributed by atoms with Gasteiger partial charge in [-0.25, -0.2) is 9.07 Å². The van der Waals surface area contributed by atoms with Crippen molar-refractivity contribution in [3.8, 4) is 0 Å². The highest BCUT2D eigenvalue weighted by Gasteiger charge is 2.28. The quantitative estimate of drug-likeness (QED) is 0.840. The number of benzene rings is 1. The van der Waals surface area contributed by atoms with Crippen molar-refractivity contribution < 1.29 is 13.9 Å². The van der Waals surface area contributed by atoms with Gasteiger partial charge < -0.3 is 9.64 Å². The molecule has 23 heavy (non-hydrogen) atoms. The maximum Gasteiger partial charge on any atom is 0.227 e. The van der Waals surface area contributed by atoms with E-state index in [1.165, 1.54) is 12.1 Å². The predicted molar refractivity (Wildman–Crippen MR) is 81.1 cm³/mol. The molecule has 1 saturated heterocycles. The van der Waals surface area contributed by atoms with Crippen LogP contribution in [0.2, 0.25) is 0 Å². The highest BCUT2D eigenvalue weighted by atomic mass is 19.1. The van der Waals surface area contributed by atoms with Crippen LogP contribution in [0.1, 0.15) is 23.7 Å². The third-order valence-corrected chi connectivity index (χ3v) is 3.98. The lowest BCUT2D eigenvalue weighted by Gasteiger charge is -2.16. The minimum Gasteiger partial charge on any atom is -0.378 e. The summed E-state index contributed by atoms with van der Waals surface area (Å²) in [6.07, 6.45) is 2.91. The summed E-state index contributed by atoms with van der Waals surface area (Å²) in [5, 5.41) is 8.15. The molecule has 1 aliphatic heterocycles. The molecule has 6 nitrogen and oxygen atoms in total. The highest BCUT2D eigenvalue weighted by Crippen LogP contribution is 2.21. The number of carbonyl (C=O) groups excluding carboxylic acids is 1. The zero-order valence-electron chi connectivity index (χ0n) is 13.0. The van der Waals surface area contributed by atoms with Gasteiger partial charge in [0.05, 0.1) is 25.3 Å². The maximum atomic E-state index is 13.2. The Morgan fingerprint density at radius 2 is 2.35 bits per heavy atom. The number of hydrogen-bond acceptors (Lipinski definition) is 4.